The van der Waals surface area contributed by atoms with Crippen LogP contribution in [0.4, 0.5) is 20.3 Å². The van der Waals surface area contributed by atoms with Crippen molar-refractivity contribution in [2.45, 2.75) is 37.8 Å². The number of nitrogens with one attached hydrogen (secondary N) is 2. The molecule has 230 valence electrons. The third-order valence-corrected chi connectivity index (χ3v) is 7.89. The SMILES string of the molecule is Cc1cc(OC2=C(F)CCC=C2)ccc1-n1ncc(C(=O)c2cc3cc(OCC(C)F)c(NSc4cccnc4)cc3[nH]2)c1N. The van der Waals surface area contributed by atoms with Crippen LogP contribution in [0.15, 0.2) is 95.8 Å². The minimum Gasteiger partial charge on any atom is -0.488 e. The van der Waals surface area contributed by atoms with Crippen LogP contribution in [0.25, 0.3) is 16.6 Å². The van der Waals surface area contributed by atoms with Crippen molar-refractivity contribution in [3.63, 3.8) is 0 Å². The van der Waals surface area contributed by atoms with Gasteiger partial charge in [-0.2, -0.15) is 5.10 Å². The van der Waals surface area contributed by atoms with Crippen molar-refractivity contribution in [1.29, 1.82) is 0 Å². The van der Waals surface area contributed by atoms with E-state index >= 15 is 0 Å². The number of carbonyl (C=O) groups excluding carboxylic acids is 1. The van der Waals surface area contributed by atoms with Gasteiger partial charge in [-0.3, -0.25) is 9.78 Å². The smallest absolute Gasteiger partial charge is 0.214 e. The second-order valence-corrected chi connectivity index (χ2v) is 11.4. The molecule has 0 aliphatic heterocycles. The highest BCUT2D eigenvalue weighted by Crippen LogP contribution is 2.35. The quantitative estimate of drug-likeness (QED) is 0.101. The van der Waals surface area contributed by atoms with Crippen LogP contribution in [-0.4, -0.2) is 38.3 Å². The summed E-state index contributed by atoms with van der Waals surface area (Å²) >= 11 is 1.33. The van der Waals surface area contributed by atoms with Gasteiger partial charge in [-0.1, -0.05) is 6.08 Å². The number of aromatic amines is 1. The molecule has 1 aliphatic carbocycles. The van der Waals surface area contributed by atoms with Crippen LogP contribution in [0.2, 0.25) is 0 Å². The lowest BCUT2D eigenvalue weighted by Gasteiger charge is -2.14. The monoisotopic (exact) mass is 628 g/mol. The molecule has 5 aromatic rings. The lowest BCUT2D eigenvalue weighted by molar-refractivity contribution is 0.103. The molecular formula is C33H30F2N6O3S. The summed E-state index contributed by atoms with van der Waals surface area (Å²) < 4.78 is 44.0. The zero-order chi connectivity index (χ0) is 31.5. The molecule has 0 saturated heterocycles. The highest BCUT2D eigenvalue weighted by molar-refractivity contribution is 8.00. The Morgan fingerprint density at radius 1 is 1.22 bits per heavy atom. The first-order valence-electron chi connectivity index (χ1n) is 14.3. The number of benzene rings is 2. The fraction of sp³-hybridized carbons (Fsp3) is 0.182. The van der Waals surface area contributed by atoms with Gasteiger partial charge in [0.1, 0.15) is 35.9 Å². The molecule has 12 heteroatoms. The number of pyridine rings is 1. The van der Waals surface area contributed by atoms with Gasteiger partial charge in [-0.15, -0.1) is 0 Å². The molecule has 0 amide bonds. The summed E-state index contributed by atoms with van der Waals surface area (Å²) in [5, 5.41) is 5.09. The minimum absolute atomic E-state index is 0.123. The molecule has 6 rings (SSSR count). The highest BCUT2D eigenvalue weighted by Gasteiger charge is 2.22. The van der Waals surface area contributed by atoms with Crippen molar-refractivity contribution in [2.75, 3.05) is 17.1 Å². The van der Waals surface area contributed by atoms with Crippen molar-refractivity contribution in [3.8, 4) is 17.2 Å². The van der Waals surface area contributed by atoms with Crippen LogP contribution in [0.5, 0.6) is 11.5 Å². The van der Waals surface area contributed by atoms with E-state index in [-0.39, 0.29) is 35.4 Å². The van der Waals surface area contributed by atoms with Crippen LogP contribution in [0, 0.1) is 6.92 Å². The molecule has 1 aliphatic rings. The number of aromatic nitrogens is 4. The van der Waals surface area contributed by atoms with Gasteiger partial charge in [0.2, 0.25) is 5.78 Å². The molecule has 45 heavy (non-hydrogen) atoms. The predicted molar refractivity (Wildman–Crippen MR) is 171 cm³/mol. The average molecular weight is 629 g/mol. The number of nitrogens with two attached hydrogens (primary N) is 1. The maximum Gasteiger partial charge on any atom is 0.214 e. The molecule has 0 bridgehead atoms. The number of ether oxygens (including phenoxy) is 2. The van der Waals surface area contributed by atoms with Crippen LogP contribution in [0.1, 0.15) is 41.4 Å². The van der Waals surface area contributed by atoms with Crippen LogP contribution < -0.4 is 19.9 Å². The Balaban J connectivity index is 1.25. The molecule has 0 spiro atoms. The number of halogens is 2. The summed E-state index contributed by atoms with van der Waals surface area (Å²) in [6.45, 7) is 3.15. The Bertz CT molecular complexity index is 1930. The highest BCUT2D eigenvalue weighted by atomic mass is 32.2. The molecule has 3 aromatic heterocycles. The van der Waals surface area contributed by atoms with E-state index in [0.717, 1.165) is 10.5 Å². The van der Waals surface area contributed by atoms with E-state index < -0.39 is 6.17 Å². The molecule has 1 atom stereocenters. The number of hydrogen-bond donors (Lipinski definition) is 3. The van der Waals surface area contributed by atoms with Crippen LogP contribution in [-0.2, 0) is 0 Å². The summed E-state index contributed by atoms with van der Waals surface area (Å²) in [4.78, 5) is 21.8. The number of H-pyrrole nitrogens is 1. The van der Waals surface area contributed by atoms with Gasteiger partial charge in [0, 0.05) is 34.6 Å². The lowest BCUT2D eigenvalue weighted by Crippen LogP contribution is -2.09. The number of carbonyl (C=O) groups is 1. The summed E-state index contributed by atoms with van der Waals surface area (Å²) in [6, 6.07) is 14.2. The van der Waals surface area contributed by atoms with E-state index in [2.05, 4.69) is 19.8 Å². The topological polar surface area (TPSA) is 120 Å². The first-order chi connectivity index (χ1) is 21.8. The van der Waals surface area contributed by atoms with Crippen LogP contribution in [0.3, 0.4) is 0 Å². The number of fused-ring (bicyclic) bond motifs is 1. The number of aryl methyl sites for hydroxylation is 1. The molecule has 0 saturated carbocycles. The fourth-order valence-corrected chi connectivity index (χ4v) is 5.48. The van der Waals surface area contributed by atoms with Gasteiger partial charge in [0.05, 0.1) is 28.8 Å². The molecule has 1 unspecified atom stereocenters. The standard InChI is InChI=1S/C33H30F2N6O3S/c1-19-12-22(44-30-8-4-3-7-25(30)35)9-10-29(19)41-33(36)24(17-38-41)32(42)28-13-21-14-31(43-18-20(2)34)27(15-26(21)39-28)40-45-23-6-5-11-37-16-23/h4-6,8-17,20,39-40H,3,7,18,36H2,1-2H3. The molecule has 2 aromatic carbocycles. The number of alkyl halides is 1. The second-order valence-electron chi connectivity index (χ2n) is 10.5. The van der Waals surface area contributed by atoms with Crippen LogP contribution >= 0.6 is 11.9 Å². The van der Waals surface area contributed by atoms with E-state index in [1.54, 1.807) is 54.9 Å². The van der Waals surface area contributed by atoms with Crippen molar-refractivity contribution in [3.05, 3.63) is 108 Å². The summed E-state index contributed by atoms with van der Waals surface area (Å²) in [6.07, 6.45) is 8.13. The lowest BCUT2D eigenvalue weighted by atomic mass is 10.1. The number of hydrogen-bond acceptors (Lipinski definition) is 8. The van der Waals surface area contributed by atoms with E-state index in [1.165, 1.54) is 29.8 Å². The Hall–Kier alpha value is -5.10. The summed E-state index contributed by atoms with van der Waals surface area (Å²) in [7, 11) is 0. The number of anilines is 2. The van der Waals surface area contributed by atoms with Gasteiger partial charge < -0.3 is 24.9 Å². The fourth-order valence-electron chi connectivity index (χ4n) is 4.84. The Morgan fingerprint density at radius 2 is 2.09 bits per heavy atom. The maximum atomic E-state index is 14.1. The first kappa shape index (κ1) is 29.9. The van der Waals surface area contributed by atoms with Gasteiger partial charge in [-0.25, -0.2) is 13.5 Å². The normalized spacial score (nSPS) is 13.7. The number of rotatable bonds is 11. The Morgan fingerprint density at radius 3 is 2.84 bits per heavy atom. The number of allylic oxidation sites excluding steroid dienone is 3. The molecule has 9 nitrogen and oxygen atoms in total. The molecule has 3 heterocycles. The number of nitrogen functional groups attached to an aromatic ring is 1. The van der Waals surface area contributed by atoms with Crippen molar-refractivity contribution in [2.24, 2.45) is 0 Å². The average Bonchev–Trinajstić information content (AvgIpc) is 3.63. The van der Waals surface area contributed by atoms with Gasteiger partial charge in [-0.05, 0) is 92.4 Å². The third kappa shape index (κ3) is 6.55. The maximum absolute atomic E-state index is 14.1. The number of ketones is 1. The summed E-state index contributed by atoms with van der Waals surface area (Å²) in [5.74, 6) is 0.642. The van der Waals surface area contributed by atoms with E-state index in [0.29, 0.717) is 52.3 Å². The van der Waals surface area contributed by atoms with E-state index in [1.807, 2.05) is 25.1 Å². The van der Waals surface area contributed by atoms with Crippen molar-refractivity contribution >= 4 is 40.1 Å². The molecule has 0 radical (unpaired) electrons. The summed E-state index contributed by atoms with van der Waals surface area (Å²) in [5.41, 5.74) is 9.66. The predicted octanol–water partition coefficient (Wildman–Crippen LogP) is 7.64. The Labute approximate surface area is 262 Å². The van der Waals surface area contributed by atoms with E-state index in [4.69, 9.17) is 15.2 Å². The zero-order valence-electron chi connectivity index (χ0n) is 24.5. The third-order valence-electron chi connectivity index (χ3n) is 7.09. The second kappa shape index (κ2) is 12.9. The van der Waals surface area contributed by atoms with Gasteiger partial charge in [0.25, 0.3) is 0 Å². The largest absolute Gasteiger partial charge is 0.488 e. The van der Waals surface area contributed by atoms with Gasteiger partial charge in [0.15, 0.2) is 5.76 Å². The minimum atomic E-state index is -1.16. The van der Waals surface area contributed by atoms with Crippen molar-refractivity contribution in [1.82, 2.24) is 19.7 Å². The van der Waals surface area contributed by atoms with E-state index in [9.17, 15) is 13.6 Å². The molecule has 4 N–H and O–H groups in total. The van der Waals surface area contributed by atoms with Gasteiger partial charge >= 0.3 is 0 Å². The zero-order valence-corrected chi connectivity index (χ0v) is 25.3. The molecular weight excluding hydrogens is 598 g/mol. The molecule has 0 fully saturated rings. The first-order valence-corrected chi connectivity index (χ1v) is 15.1. The Kier molecular flexibility index (Phi) is 8.56. The van der Waals surface area contributed by atoms with Crippen molar-refractivity contribution < 1.29 is 23.0 Å². The number of nitrogens with zero attached hydrogens (tertiary/aromatic N) is 3.